The first-order valence-corrected chi connectivity index (χ1v) is 15.8. The summed E-state index contributed by atoms with van der Waals surface area (Å²) >= 11 is 0. The molecule has 0 fully saturated rings. The summed E-state index contributed by atoms with van der Waals surface area (Å²) in [6.45, 7) is 4.51. The Morgan fingerprint density at radius 2 is 0.688 bits per heavy atom. The molecule has 0 aromatic rings. The molecule has 0 unspecified atom stereocenters. The van der Waals surface area contributed by atoms with E-state index in [2.05, 4.69) is 23.3 Å². The molecule has 32 heavy (non-hydrogen) atoms. The highest BCUT2D eigenvalue weighted by Gasteiger charge is 2.04. The Morgan fingerprint density at radius 1 is 0.438 bits per heavy atom. The Hall–Kier alpha value is -0.360. The first-order chi connectivity index (χ1) is 15.7. The minimum atomic E-state index is 0.0611. The van der Waals surface area contributed by atoms with Crippen LogP contribution >= 0.6 is 22.0 Å². The minimum absolute atomic E-state index is 0.0611. The quantitative estimate of drug-likeness (QED) is 0.0764. The number of hydrogen-bond donors (Lipinski definition) is 2. The second-order valence-corrected chi connectivity index (χ2v) is 10.8. The van der Waals surface area contributed by atoms with Crippen molar-refractivity contribution in [2.75, 3.05) is 0 Å². The number of carbonyl (C=O) groups is 2. The second-order valence-electron chi connectivity index (χ2n) is 9.08. The van der Waals surface area contributed by atoms with Crippen molar-refractivity contribution in [1.82, 2.24) is 9.44 Å². The predicted molar refractivity (Wildman–Crippen MR) is 144 cm³/mol. The van der Waals surface area contributed by atoms with Gasteiger partial charge >= 0.3 is 0 Å². The lowest BCUT2D eigenvalue weighted by Crippen LogP contribution is -2.18. The monoisotopic (exact) mass is 488 g/mol. The molecule has 0 saturated carbocycles. The molecule has 2 N–H and O–H groups in total. The zero-order chi connectivity index (χ0) is 23.5. The first-order valence-electron chi connectivity index (χ1n) is 13.6. The van der Waals surface area contributed by atoms with E-state index in [0.29, 0.717) is 12.8 Å². The number of unbranched alkanes of at least 4 members (excludes halogenated alkanes) is 18. The van der Waals surface area contributed by atoms with Crippen LogP contribution < -0.4 is 9.44 Å². The van der Waals surface area contributed by atoms with E-state index in [1.165, 1.54) is 125 Å². The molecule has 4 nitrogen and oxygen atoms in total. The van der Waals surface area contributed by atoms with Gasteiger partial charge in [-0.05, 0) is 12.8 Å². The summed E-state index contributed by atoms with van der Waals surface area (Å²) in [7, 11) is 2.43. The molecule has 0 radical (unpaired) electrons. The lowest BCUT2D eigenvalue weighted by Gasteiger charge is -2.06. The van der Waals surface area contributed by atoms with Crippen LogP contribution in [0.4, 0.5) is 0 Å². The summed E-state index contributed by atoms with van der Waals surface area (Å²) in [4.78, 5) is 23.7. The maximum atomic E-state index is 11.8. The van der Waals surface area contributed by atoms with Crippen LogP contribution in [0.2, 0.25) is 0 Å². The molecule has 0 rings (SSSR count). The van der Waals surface area contributed by atoms with Gasteiger partial charge in [0.25, 0.3) is 0 Å². The van der Waals surface area contributed by atoms with Crippen LogP contribution in [0.15, 0.2) is 0 Å². The van der Waals surface area contributed by atoms with Crippen molar-refractivity contribution in [2.45, 2.75) is 155 Å². The maximum absolute atomic E-state index is 11.8. The Morgan fingerprint density at radius 3 is 0.969 bits per heavy atom. The molecule has 0 bridgehead atoms. The zero-order valence-electron chi connectivity index (χ0n) is 21.2. The summed E-state index contributed by atoms with van der Waals surface area (Å²) in [5.74, 6) is 0.122. The van der Waals surface area contributed by atoms with Crippen LogP contribution in [-0.2, 0) is 9.59 Å². The van der Waals surface area contributed by atoms with Gasteiger partial charge < -0.3 is 0 Å². The van der Waals surface area contributed by atoms with Gasteiger partial charge in [0.2, 0.25) is 11.8 Å². The van der Waals surface area contributed by atoms with Gasteiger partial charge in [-0.1, -0.05) is 129 Å². The predicted octanol–water partition coefficient (Wildman–Crippen LogP) is 9.05. The average molecular weight is 489 g/mol. The normalized spacial score (nSPS) is 10.9. The van der Waals surface area contributed by atoms with E-state index in [9.17, 15) is 9.59 Å². The summed E-state index contributed by atoms with van der Waals surface area (Å²) < 4.78 is 5.61. The summed E-state index contributed by atoms with van der Waals surface area (Å²) in [5.41, 5.74) is 0. The molecule has 0 aliphatic heterocycles. The van der Waals surface area contributed by atoms with Gasteiger partial charge in [0, 0.05) is 34.8 Å². The van der Waals surface area contributed by atoms with Crippen LogP contribution in [0.25, 0.3) is 0 Å². The van der Waals surface area contributed by atoms with Crippen molar-refractivity contribution in [1.29, 1.82) is 0 Å². The summed E-state index contributed by atoms with van der Waals surface area (Å²) in [6.07, 6.45) is 26.7. The molecule has 0 atom stereocenters. The highest BCUT2D eigenvalue weighted by Crippen LogP contribution is 2.16. The van der Waals surface area contributed by atoms with Gasteiger partial charge in [-0.3, -0.25) is 19.0 Å². The molecule has 6 heteroatoms. The molecule has 190 valence electrons. The highest BCUT2D eigenvalue weighted by molar-refractivity contribution is 8.75. The van der Waals surface area contributed by atoms with Crippen LogP contribution in [0.3, 0.4) is 0 Å². The Balaban J connectivity index is 3.29. The zero-order valence-corrected chi connectivity index (χ0v) is 22.8. The number of carbonyl (C=O) groups excluding carboxylic acids is 2. The molecule has 0 saturated heterocycles. The van der Waals surface area contributed by atoms with Crippen LogP contribution in [0, 0.1) is 0 Å². The van der Waals surface area contributed by atoms with E-state index in [4.69, 9.17) is 0 Å². The fourth-order valence-corrected chi connectivity index (χ4v) is 5.06. The molecule has 0 aromatic heterocycles. The van der Waals surface area contributed by atoms with Gasteiger partial charge in [-0.2, -0.15) is 0 Å². The highest BCUT2D eigenvalue weighted by atomic mass is 33.1. The molecule has 0 aliphatic carbocycles. The van der Waals surface area contributed by atoms with E-state index in [1.807, 2.05) is 0 Å². The molecule has 0 aromatic carbocycles. The van der Waals surface area contributed by atoms with Crippen LogP contribution in [0.1, 0.15) is 155 Å². The van der Waals surface area contributed by atoms with Crippen LogP contribution in [0.5, 0.6) is 0 Å². The standard InChI is InChI=1S/C26H52N2O2S2/c1-3-5-7-9-11-13-15-17-19-21-23-25(29)27-31-32-28-26(30)24-22-20-18-16-14-12-10-8-6-4-2/h3-24H2,1-2H3,(H,27,29)(H,28,30). The van der Waals surface area contributed by atoms with Crippen molar-refractivity contribution in [3.05, 3.63) is 0 Å². The van der Waals surface area contributed by atoms with E-state index in [0.717, 1.165) is 25.7 Å². The van der Waals surface area contributed by atoms with Gasteiger partial charge in [-0.15, -0.1) is 0 Å². The SMILES string of the molecule is CCCCCCCCCCCCC(=O)NSSNC(=O)CCCCCCCCCCCC. The van der Waals surface area contributed by atoms with Crippen molar-refractivity contribution >= 4 is 33.8 Å². The Kier molecular flexibility index (Phi) is 26.6. The third-order valence-electron chi connectivity index (χ3n) is 5.87. The fourth-order valence-electron chi connectivity index (χ4n) is 3.78. The minimum Gasteiger partial charge on any atom is -0.290 e. The van der Waals surface area contributed by atoms with Crippen molar-refractivity contribution in [3.63, 3.8) is 0 Å². The second kappa shape index (κ2) is 26.9. The smallest absolute Gasteiger partial charge is 0.230 e. The van der Waals surface area contributed by atoms with E-state index in [1.54, 1.807) is 0 Å². The van der Waals surface area contributed by atoms with Crippen molar-refractivity contribution in [3.8, 4) is 0 Å². The Bertz CT molecular complexity index is 385. The molecule has 0 spiro atoms. The third kappa shape index (κ3) is 25.9. The molecule has 0 aliphatic rings. The number of rotatable bonds is 25. The van der Waals surface area contributed by atoms with Gasteiger partial charge in [0.15, 0.2) is 0 Å². The van der Waals surface area contributed by atoms with E-state index in [-0.39, 0.29) is 11.8 Å². The molecule has 2 amide bonds. The van der Waals surface area contributed by atoms with E-state index < -0.39 is 0 Å². The summed E-state index contributed by atoms with van der Waals surface area (Å²) in [6, 6.07) is 0. The topological polar surface area (TPSA) is 58.2 Å². The fraction of sp³-hybridized carbons (Fsp3) is 0.923. The number of amides is 2. The number of nitrogens with one attached hydrogen (secondary N) is 2. The van der Waals surface area contributed by atoms with Crippen molar-refractivity contribution in [2.24, 2.45) is 0 Å². The van der Waals surface area contributed by atoms with Gasteiger partial charge in [-0.25, -0.2) is 0 Å². The summed E-state index contributed by atoms with van der Waals surface area (Å²) in [5, 5.41) is 0. The largest absolute Gasteiger partial charge is 0.290 e. The lowest BCUT2D eigenvalue weighted by atomic mass is 10.1. The molecular weight excluding hydrogens is 436 g/mol. The van der Waals surface area contributed by atoms with Gasteiger partial charge in [0.05, 0.1) is 0 Å². The number of hydrogen-bond acceptors (Lipinski definition) is 4. The maximum Gasteiger partial charge on any atom is 0.230 e. The lowest BCUT2D eigenvalue weighted by molar-refractivity contribution is -0.120. The van der Waals surface area contributed by atoms with Crippen molar-refractivity contribution < 1.29 is 9.59 Å². The van der Waals surface area contributed by atoms with Crippen LogP contribution in [-0.4, -0.2) is 11.8 Å². The third-order valence-corrected chi connectivity index (χ3v) is 7.32. The molecular formula is C26H52N2O2S2. The van der Waals surface area contributed by atoms with E-state index >= 15 is 0 Å². The average Bonchev–Trinajstić information content (AvgIpc) is 2.79. The van der Waals surface area contributed by atoms with Gasteiger partial charge in [0.1, 0.15) is 0 Å². The molecule has 0 heterocycles. The Labute approximate surface area is 207 Å². The first kappa shape index (κ1) is 31.6.